The van der Waals surface area contributed by atoms with Crippen molar-refractivity contribution in [3.05, 3.63) is 0 Å². The third-order valence-corrected chi connectivity index (χ3v) is 3.12. The van der Waals surface area contributed by atoms with Crippen molar-refractivity contribution in [3.8, 4) is 0 Å². The van der Waals surface area contributed by atoms with Crippen LogP contribution in [0.15, 0.2) is 0 Å². The Morgan fingerprint density at radius 3 is 2.00 bits per heavy atom. The second-order valence-corrected chi connectivity index (χ2v) is 5.66. The molecule has 25 heavy (non-hydrogen) atoms. The van der Waals surface area contributed by atoms with Crippen LogP contribution in [-0.2, 0) is 24.0 Å². The van der Waals surface area contributed by atoms with Gasteiger partial charge in [0, 0.05) is 6.42 Å². The topological polar surface area (TPSA) is 188 Å². The van der Waals surface area contributed by atoms with E-state index in [1.165, 1.54) is 0 Å². The first-order valence-corrected chi connectivity index (χ1v) is 7.58. The number of carbonyl (C=O) groups is 5. The number of rotatable bonds is 11. The predicted octanol–water partition coefficient (Wildman–Crippen LogP) is -2.36. The minimum Gasteiger partial charge on any atom is -0.481 e. The molecule has 0 radical (unpaired) electrons. The number of carboxylic acids is 2. The van der Waals surface area contributed by atoms with E-state index in [1.807, 2.05) is 0 Å². The number of hydrogen-bond acceptors (Lipinski definition) is 6. The standard InChI is InChI=1S/C14H24N4O7/c1-7(2)12(14(24)25)18-10(20)6-16-9(19)5-17-13(23)8(15)3-4-11(21)22/h7-8,12H,3-6,15H2,1-2H3,(H,16,19)(H,17,23)(H,18,20)(H,21,22)(H,24,25). The molecule has 0 aliphatic carbocycles. The molecule has 0 spiro atoms. The molecule has 0 rings (SSSR count). The molecule has 0 saturated carbocycles. The Morgan fingerprint density at radius 1 is 0.960 bits per heavy atom. The smallest absolute Gasteiger partial charge is 0.326 e. The lowest BCUT2D eigenvalue weighted by Gasteiger charge is -2.18. The quantitative estimate of drug-likeness (QED) is 0.236. The number of amides is 3. The van der Waals surface area contributed by atoms with Gasteiger partial charge in [-0.15, -0.1) is 0 Å². The second kappa shape index (κ2) is 11.0. The van der Waals surface area contributed by atoms with Crippen molar-refractivity contribution in [2.24, 2.45) is 11.7 Å². The summed E-state index contributed by atoms with van der Waals surface area (Å²) < 4.78 is 0. The molecule has 0 aromatic rings. The highest BCUT2D eigenvalue weighted by Gasteiger charge is 2.23. The summed E-state index contributed by atoms with van der Waals surface area (Å²) in [5.41, 5.74) is 5.46. The van der Waals surface area contributed by atoms with Gasteiger partial charge in [-0.25, -0.2) is 4.79 Å². The summed E-state index contributed by atoms with van der Waals surface area (Å²) in [6, 6.07) is -2.13. The first-order chi connectivity index (χ1) is 11.5. The summed E-state index contributed by atoms with van der Waals surface area (Å²) in [5, 5.41) is 24.1. The fourth-order valence-electron chi connectivity index (χ4n) is 1.69. The average molecular weight is 360 g/mol. The molecular weight excluding hydrogens is 336 g/mol. The van der Waals surface area contributed by atoms with Crippen LogP contribution in [0.2, 0.25) is 0 Å². The number of aliphatic carboxylic acids is 2. The van der Waals surface area contributed by atoms with Crippen LogP contribution >= 0.6 is 0 Å². The zero-order chi connectivity index (χ0) is 19.6. The van der Waals surface area contributed by atoms with Crippen molar-refractivity contribution in [1.29, 1.82) is 0 Å². The number of carboxylic acid groups (broad SMARTS) is 2. The van der Waals surface area contributed by atoms with Gasteiger partial charge in [0.05, 0.1) is 19.1 Å². The molecule has 0 aromatic carbocycles. The SMILES string of the molecule is CC(C)C(NC(=O)CNC(=O)CNC(=O)C(N)CCC(=O)O)C(=O)O. The highest BCUT2D eigenvalue weighted by Crippen LogP contribution is 2.01. The van der Waals surface area contributed by atoms with Gasteiger partial charge in [-0.05, 0) is 12.3 Å². The molecule has 11 heteroatoms. The molecule has 3 amide bonds. The second-order valence-electron chi connectivity index (χ2n) is 5.66. The maximum absolute atomic E-state index is 11.6. The van der Waals surface area contributed by atoms with Gasteiger partial charge < -0.3 is 31.9 Å². The van der Waals surface area contributed by atoms with Crippen molar-refractivity contribution in [2.45, 2.75) is 38.8 Å². The first kappa shape index (κ1) is 22.3. The van der Waals surface area contributed by atoms with Crippen molar-refractivity contribution in [1.82, 2.24) is 16.0 Å². The van der Waals surface area contributed by atoms with Gasteiger partial charge in [0.25, 0.3) is 0 Å². The van der Waals surface area contributed by atoms with E-state index in [4.69, 9.17) is 15.9 Å². The Balaban J connectivity index is 4.14. The van der Waals surface area contributed by atoms with Gasteiger partial charge in [0.1, 0.15) is 6.04 Å². The highest BCUT2D eigenvalue weighted by molar-refractivity contribution is 5.90. The predicted molar refractivity (Wildman–Crippen MR) is 85.3 cm³/mol. The average Bonchev–Trinajstić information content (AvgIpc) is 2.52. The molecular formula is C14H24N4O7. The van der Waals surface area contributed by atoms with E-state index in [0.29, 0.717) is 0 Å². The molecule has 0 heterocycles. The zero-order valence-electron chi connectivity index (χ0n) is 14.1. The van der Waals surface area contributed by atoms with Crippen molar-refractivity contribution in [2.75, 3.05) is 13.1 Å². The fourth-order valence-corrected chi connectivity index (χ4v) is 1.69. The molecule has 0 aliphatic heterocycles. The van der Waals surface area contributed by atoms with E-state index >= 15 is 0 Å². The molecule has 0 fully saturated rings. The van der Waals surface area contributed by atoms with Gasteiger partial charge >= 0.3 is 11.9 Å². The van der Waals surface area contributed by atoms with E-state index in [-0.39, 0.29) is 18.8 Å². The van der Waals surface area contributed by atoms with Crippen LogP contribution in [-0.4, -0.2) is 65.0 Å². The first-order valence-electron chi connectivity index (χ1n) is 7.58. The lowest BCUT2D eigenvalue weighted by molar-refractivity contribution is -0.143. The highest BCUT2D eigenvalue weighted by atomic mass is 16.4. The summed E-state index contributed by atoms with van der Waals surface area (Å²) in [5.74, 6) is -4.65. The van der Waals surface area contributed by atoms with E-state index in [0.717, 1.165) is 0 Å². The summed E-state index contributed by atoms with van der Waals surface area (Å²) >= 11 is 0. The summed E-state index contributed by atoms with van der Waals surface area (Å²) in [4.78, 5) is 56.0. The van der Waals surface area contributed by atoms with Crippen LogP contribution in [0.1, 0.15) is 26.7 Å². The van der Waals surface area contributed by atoms with Crippen LogP contribution in [0.3, 0.4) is 0 Å². The normalized spacial score (nSPS) is 12.8. The molecule has 2 atom stereocenters. The molecule has 2 unspecified atom stereocenters. The summed E-state index contributed by atoms with van der Waals surface area (Å²) in [7, 11) is 0. The maximum atomic E-state index is 11.6. The van der Waals surface area contributed by atoms with Crippen LogP contribution in [0.5, 0.6) is 0 Å². The third kappa shape index (κ3) is 9.91. The lowest BCUT2D eigenvalue weighted by Crippen LogP contribution is -2.49. The van der Waals surface area contributed by atoms with E-state index in [2.05, 4.69) is 16.0 Å². The monoisotopic (exact) mass is 360 g/mol. The van der Waals surface area contributed by atoms with Gasteiger partial charge in [0.15, 0.2) is 0 Å². The minimum atomic E-state index is -1.18. The van der Waals surface area contributed by atoms with Crippen molar-refractivity contribution in [3.63, 3.8) is 0 Å². The van der Waals surface area contributed by atoms with Crippen LogP contribution in [0.4, 0.5) is 0 Å². The van der Waals surface area contributed by atoms with E-state index in [9.17, 15) is 24.0 Å². The zero-order valence-corrected chi connectivity index (χ0v) is 14.1. The lowest BCUT2D eigenvalue weighted by atomic mass is 10.1. The number of nitrogens with one attached hydrogen (secondary N) is 3. The molecule has 0 bridgehead atoms. The number of nitrogens with two attached hydrogens (primary N) is 1. The fraction of sp³-hybridized carbons (Fsp3) is 0.643. The Bertz CT molecular complexity index is 521. The Labute approximate surface area is 144 Å². The third-order valence-electron chi connectivity index (χ3n) is 3.12. The van der Waals surface area contributed by atoms with Crippen molar-refractivity contribution >= 4 is 29.7 Å². The largest absolute Gasteiger partial charge is 0.481 e. The Hall–Kier alpha value is -2.69. The van der Waals surface area contributed by atoms with Gasteiger partial charge in [-0.1, -0.05) is 13.8 Å². The van der Waals surface area contributed by atoms with Gasteiger partial charge in [-0.2, -0.15) is 0 Å². The van der Waals surface area contributed by atoms with E-state index in [1.54, 1.807) is 13.8 Å². The molecule has 0 saturated heterocycles. The molecule has 7 N–H and O–H groups in total. The molecule has 142 valence electrons. The van der Waals surface area contributed by atoms with Crippen molar-refractivity contribution < 1.29 is 34.2 Å². The molecule has 0 aliphatic rings. The molecule has 0 aromatic heterocycles. The number of hydrogen-bond donors (Lipinski definition) is 6. The van der Waals surface area contributed by atoms with Crippen LogP contribution in [0.25, 0.3) is 0 Å². The van der Waals surface area contributed by atoms with E-state index < -0.39 is 54.8 Å². The number of carbonyl (C=O) groups excluding carboxylic acids is 3. The Morgan fingerprint density at radius 2 is 1.52 bits per heavy atom. The van der Waals surface area contributed by atoms with Crippen LogP contribution in [0, 0.1) is 5.92 Å². The molecule has 11 nitrogen and oxygen atoms in total. The minimum absolute atomic E-state index is 0.0724. The van der Waals surface area contributed by atoms with Gasteiger partial charge in [0.2, 0.25) is 17.7 Å². The van der Waals surface area contributed by atoms with Crippen LogP contribution < -0.4 is 21.7 Å². The summed E-state index contributed by atoms with van der Waals surface area (Å²) in [6.45, 7) is 2.36. The Kier molecular flexibility index (Phi) is 9.79. The summed E-state index contributed by atoms with van der Waals surface area (Å²) in [6.07, 6.45) is -0.349. The maximum Gasteiger partial charge on any atom is 0.326 e. The van der Waals surface area contributed by atoms with Gasteiger partial charge in [-0.3, -0.25) is 19.2 Å².